The van der Waals surface area contributed by atoms with Crippen LogP contribution < -0.4 is 0 Å². The minimum atomic E-state index is -0.167. The molecule has 122 valence electrons. The van der Waals surface area contributed by atoms with E-state index in [2.05, 4.69) is 4.98 Å². The Morgan fingerprint density at radius 1 is 1.17 bits per heavy atom. The predicted octanol–water partition coefficient (Wildman–Crippen LogP) is 3.62. The Labute approximate surface area is 149 Å². The minimum Gasteiger partial charge on any atom is -0.395 e. The van der Waals surface area contributed by atoms with Gasteiger partial charge in [-0.05, 0) is 36.4 Å². The molecule has 1 heterocycles. The zero-order valence-corrected chi connectivity index (χ0v) is 14.6. The molecule has 4 nitrogen and oxygen atoms in total. The van der Waals surface area contributed by atoms with Gasteiger partial charge in [-0.15, -0.1) is 11.8 Å². The molecule has 0 atom stereocenters. The maximum Gasteiger partial charge on any atom is 0.254 e. The molecule has 0 bridgehead atoms. The molecule has 2 rings (SSSR count). The van der Waals surface area contributed by atoms with Gasteiger partial charge in [-0.1, -0.05) is 23.2 Å². The minimum absolute atomic E-state index is 0.0871. The first-order valence-corrected chi connectivity index (χ1v) is 8.74. The molecule has 1 N–H and O–H groups in total. The average molecular weight is 371 g/mol. The van der Waals surface area contributed by atoms with Crippen molar-refractivity contribution in [1.29, 1.82) is 0 Å². The fourth-order valence-electron chi connectivity index (χ4n) is 1.96. The highest BCUT2D eigenvalue weighted by molar-refractivity contribution is 7.99. The summed E-state index contributed by atoms with van der Waals surface area (Å²) in [5, 5.41) is 10.1. The summed E-state index contributed by atoms with van der Waals surface area (Å²) in [4.78, 5) is 19.0. The second kappa shape index (κ2) is 9.13. The van der Waals surface area contributed by atoms with Crippen LogP contribution in [-0.4, -0.2) is 46.3 Å². The molecule has 7 heteroatoms. The Hall–Kier alpha value is -1.27. The van der Waals surface area contributed by atoms with E-state index in [1.165, 1.54) is 12.3 Å². The summed E-state index contributed by atoms with van der Waals surface area (Å²) < 4.78 is 0. The maximum absolute atomic E-state index is 12.5. The second-order valence-electron chi connectivity index (χ2n) is 4.69. The van der Waals surface area contributed by atoms with Crippen LogP contribution in [0.5, 0.6) is 0 Å². The van der Waals surface area contributed by atoms with Crippen molar-refractivity contribution in [2.24, 2.45) is 0 Å². The standard InChI is InChI=1S/C16H16Cl2N2O2S/c17-13-1-3-14(4-2-13)23-10-8-20(7-9-21)16(22)12-5-6-19-15(18)11-12/h1-6,11,21H,7-10H2. The molecule has 0 unspecified atom stereocenters. The normalized spacial score (nSPS) is 10.6. The highest BCUT2D eigenvalue weighted by atomic mass is 35.5. The first kappa shape index (κ1) is 18.1. The number of hydrogen-bond acceptors (Lipinski definition) is 4. The number of halogens is 2. The van der Waals surface area contributed by atoms with E-state index in [0.29, 0.717) is 22.9 Å². The first-order valence-electron chi connectivity index (χ1n) is 7.00. The van der Waals surface area contributed by atoms with Crippen molar-refractivity contribution in [3.8, 4) is 0 Å². The Bertz CT molecular complexity index is 653. The highest BCUT2D eigenvalue weighted by Crippen LogP contribution is 2.20. The Morgan fingerprint density at radius 3 is 2.57 bits per heavy atom. The number of rotatable bonds is 7. The van der Waals surface area contributed by atoms with E-state index in [-0.39, 0.29) is 24.2 Å². The fourth-order valence-corrected chi connectivity index (χ4v) is 3.13. The first-order chi connectivity index (χ1) is 11.1. The van der Waals surface area contributed by atoms with Gasteiger partial charge in [0.15, 0.2) is 0 Å². The molecule has 1 aromatic carbocycles. The summed E-state index contributed by atoms with van der Waals surface area (Å²) in [6.07, 6.45) is 1.50. The summed E-state index contributed by atoms with van der Waals surface area (Å²) in [5.74, 6) is 0.548. The summed E-state index contributed by atoms with van der Waals surface area (Å²) >= 11 is 13.3. The predicted molar refractivity (Wildman–Crippen MR) is 94.4 cm³/mol. The lowest BCUT2D eigenvalue weighted by Gasteiger charge is -2.21. The van der Waals surface area contributed by atoms with Crippen molar-refractivity contribution in [1.82, 2.24) is 9.88 Å². The van der Waals surface area contributed by atoms with Crippen LogP contribution in [0.1, 0.15) is 10.4 Å². The van der Waals surface area contributed by atoms with E-state index in [4.69, 9.17) is 23.2 Å². The largest absolute Gasteiger partial charge is 0.395 e. The van der Waals surface area contributed by atoms with Crippen LogP contribution in [0.3, 0.4) is 0 Å². The van der Waals surface area contributed by atoms with E-state index in [1.54, 1.807) is 22.7 Å². The number of aliphatic hydroxyl groups is 1. The molecule has 2 aromatic rings. The zero-order valence-electron chi connectivity index (χ0n) is 12.3. The van der Waals surface area contributed by atoms with Gasteiger partial charge in [0.05, 0.1) is 6.61 Å². The molecule has 0 aliphatic heterocycles. The number of aromatic nitrogens is 1. The van der Waals surface area contributed by atoms with E-state index < -0.39 is 0 Å². The second-order valence-corrected chi connectivity index (χ2v) is 6.68. The van der Waals surface area contributed by atoms with E-state index >= 15 is 0 Å². The third-order valence-corrected chi connectivity index (χ3v) is 4.53. The third kappa shape index (κ3) is 5.70. The number of nitrogens with zero attached hydrogens (tertiary/aromatic N) is 2. The molecule has 0 radical (unpaired) electrons. The van der Waals surface area contributed by atoms with Gasteiger partial charge in [-0.2, -0.15) is 0 Å². The lowest BCUT2D eigenvalue weighted by Crippen LogP contribution is -2.35. The number of carbonyl (C=O) groups excluding carboxylic acids is 1. The number of aliphatic hydroxyl groups excluding tert-OH is 1. The van der Waals surface area contributed by atoms with Gasteiger partial charge < -0.3 is 10.0 Å². The van der Waals surface area contributed by atoms with Crippen molar-refractivity contribution < 1.29 is 9.90 Å². The van der Waals surface area contributed by atoms with Crippen LogP contribution >= 0.6 is 35.0 Å². The molecule has 0 fully saturated rings. The Kier molecular flexibility index (Phi) is 7.17. The molecule has 23 heavy (non-hydrogen) atoms. The van der Waals surface area contributed by atoms with Crippen LogP contribution in [0.4, 0.5) is 0 Å². The van der Waals surface area contributed by atoms with E-state index in [9.17, 15) is 9.90 Å². The molecular formula is C16H16Cl2N2O2S. The zero-order chi connectivity index (χ0) is 16.7. The van der Waals surface area contributed by atoms with E-state index in [1.807, 2.05) is 24.3 Å². The quantitative estimate of drug-likeness (QED) is 0.597. The topological polar surface area (TPSA) is 53.4 Å². The molecule has 1 aromatic heterocycles. The molecule has 0 aliphatic rings. The van der Waals surface area contributed by atoms with Gasteiger partial charge >= 0.3 is 0 Å². The van der Waals surface area contributed by atoms with Crippen LogP contribution in [0, 0.1) is 0 Å². The Morgan fingerprint density at radius 2 is 1.91 bits per heavy atom. The lowest BCUT2D eigenvalue weighted by molar-refractivity contribution is 0.0733. The van der Waals surface area contributed by atoms with Crippen LogP contribution in [0.25, 0.3) is 0 Å². The number of pyridine rings is 1. The number of hydrogen-bond donors (Lipinski definition) is 1. The van der Waals surface area contributed by atoms with Gasteiger partial charge in [-0.3, -0.25) is 4.79 Å². The van der Waals surface area contributed by atoms with Gasteiger partial charge in [0, 0.05) is 40.5 Å². The number of benzene rings is 1. The molecule has 0 saturated heterocycles. The Balaban J connectivity index is 1.95. The van der Waals surface area contributed by atoms with Crippen molar-refractivity contribution >= 4 is 40.9 Å². The van der Waals surface area contributed by atoms with Gasteiger partial charge in [-0.25, -0.2) is 4.98 Å². The molecule has 1 amide bonds. The highest BCUT2D eigenvalue weighted by Gasteiger charge is 2.15. The summed E-state index contributed by atoms with van der Waals surface area (Å²) in [7, 11) is 0. The van der Waals surface area contributed by atoms with E-state index in [0.717, 1.165) is 4.90 Å². The van der Waals surface area contributed by atoms with Gasteiger partial charge in [0.25, 0.3) is 5.91 Å². The molecular weight excluding hydrogens is 355 g/mol. The lowest BCUT2D eigenvalue weighted by atomic mass is 10.2. The monoisotopic (exact) mass is 370 g/mol. The van der Waals surface area contributed by atoms with Crippen molar-refractivity contribution in [3.63, 3.8) is 0 Å². The van der Waals surface area contributed by atoms with Crippen molar-refractivity contribution in [2.75, 3.05) is 25.4 Å². The fraction of sp³-hybridized carbons (Fsp3) is 0.250. The molecule has 0 spiro atoms. The number of amides is 1. The van der Waals surface area contributed by atoms with Gasteiger partial charge in [0.1, 0.15) is 5.15 Å². The maximum atomic E-state index is 12.5. The van der Waals surface area contributed by atoms with Crippen molar-refractivity contribution in [3.05, 3.63) is 58.3 Å². The molecule has 0 saturated carbocycles. The van der Waals surface area contributed by atoms with Crippen LogP contribution in [0.15, 0.2) is 47.5 Å². The van der Waals surface area contributed by atoms with Crippen molar-refractivity contribution in [2.45, 2.75) is 4.90 Å². The summed E-state index contributed by atoms with van der Waals surface area (Å²) in [6, 6.07) is 10.7. The third-order valence-electron chi connectivity index (χ3n) is 3.07. The summed E-state index contributed by atoms with van der Waals surface area (Å²) in [5.41, 5.74) is 0.468. The van der Waals surface area contributed by atoms with Crippen LogP contribution in [-0.2, 0) is 0 Å². The smallest absolute Gasteiger partial charge is 0.254 e. The average Bonchev–Trinajstić information content (AvgIpc) is 2.55. The number of thioether (sulfide) groups is 1. The molecule has 0 aliphatic carbocycles. The summed E-state index contributed by atoms with van der Waals surface area (Å²) in [6.45, 7) is 0.711. The van der Waals surface area contributed by atoms with Gasteiger partial charge in [0.2, 0.25) is 0 Å². The SMILES string of the molecule is O=C(c1ccnc(Cl)c1)N(CCO)CCSc1ccc(Cl)cc1. The number of carbonyl (C=O) groups is 1. The van der Waals surface area contributed by atoms with Crippen LogP contribution in [0.2, 0.25) is 10.2 Å².